The molecule has 5 heteroatoms. The van der Waals surface area contributed by atoms with Gasteiger partial charge in [-0.15, -0.1) is 0 Å². The van der Waals surface area contributed by atoms with Crippen molar-refractivity contribution in [1.29, 1.82) is 0 Å². The highest BCUT2D eigenvalue weighted by atomic mass is 16.5. The lowest BCUT2D eigenvalue weighted by atomic mass is 9.79. The van der Waals surface area contributed by atoms with Crippen LogP contribution >= 0.6 is 0 Å². The SMILES string of the molecule is C[C@@H](c1cccc(B(O)O)c1)N1CCOCC1. The fourth-order valence-electron chi connectivity index (χ4n) is 2.16. The molecule has 0 spiro atoms. The minimum atomic E-state index is -1.40. The maximum absolute atomic E-state index is 9.16. The molecule has 0 radical (unpaired) electrons. The summed E-state index contributed by atoms with van der Waals surface area (Å²) < 4.78 is 5.33. The Labute approximate surface area is 102 Å². The molecule has 1 saturated heterocycles. The van der Waals surface area contributed by atoms with Gasteiger partial charge in [0, 0.05) is 19.1 Å². The molecular formula is C12H18BNO3. The maximum Gasteiger partial charge on any atom is 0.488 e. The Balaban J connectivity index is 2.12. The number of hydrogen-bond donors (Lipinski definition) is 2. The zero-order chi connectivity index (χ0) is 12.3. The Morgan fingerprint density at radius 3 is 2.65 bits per heavy atom. The van der Waals surface area contributed by atoms with Crippen molar-refractivity contribution in [2.75, 3.05) is 26.3 Å². The van der Waals surface area contributed by atoms with E-state index in [9.17, 15) is 0 Å². The number of ether oxygens (including phenoxy) is 1. The highest BCUT2D eigenvalue weighted by Gasteiger charge is 2.19. The molecule has 17 heavy (non-hydrogen) atoms. The first kappa shape index (κ1) is 12.6. The van der Waals surface area contributed by atoms with E-state index in [1.807, 2.05) is 18.2 Å². The van der Waals surface area contributed by atoms with Gasteiger partial charge in [0.25, 0.3) is 0 Å². The first-order valence-electron chi connectivity index (χ1n) is 5.96. The summed E-state index contributed by atoms with van der Waals surface area (Å²) in [4.78, 5) is 2.34. The third kappa shape index (κ3) is 3.07. The molecule has 92 valence electrons. The van der Waals surface area contributed by atoms with E-state index in [-0.39, 0.29) is 6.04 Å². The highest BCUT2D eigenvalue weighted by molar-refractivity contribution is 6.58. The zero-order valence-corrected chi connectivity index (χ0v) is 10.0. The fourth-order valence-corrected chi connectivity index (χ4v) is 2.16. The van der Waals surface area contributed by atoms with Gasteiger partial charge in [0.05, 0.1) is 13.2 Å². The van der Waals surface area contributed by atoms with Crippen LogP contribution in [0.1, 0.15) is 18.5 Å². The average Bonchev–Trinajstić information content (AvgIpc) is 2.39. The molecule has 1 aromatic rings. The second-order valence-electron chi connectivity index (χ2n) is 4.37. The molecule has 2 rings (SSSR count). The van der Waals surface area contributed by atoms with Gasteiger partial charge in [-0.1, -0.05) is 24.3 Å². The summed E-state index contributed by atoms with van der Waals surface area (Å²) in [5.41, 5.74) is 1.65. The van der Waals surface area contributed by atoms with Crippen LogP contribution in [0.25, 0.3) is 0 Å². The summed E-state index contributed by atoms with van der Waals surface area (Å²) in [7, 11) is -1.40. The van der Waals surface area contributed by atoms with Crippen molar-refractivity contribution < 1.29 is 14.8 Å². The molecule has 0 amide bonds. The van der Waals surface area contributed by atoms with E-state index >= 15 is 0 Å². The van der Waals surface area contributed by atoms with Crippen molar-refractivity contribution in [1.82, 2.24) is 4.90 Å². The molecule has 0 saturated carbocycles. The topological polar surface area (TPSA) is 52.9 Å². The van der Waals surface area contributed by atoms with E-state index in [4.69, 9.17) is 14.8 Å². The van der Waals surface area contributed by atoms with E-state index in [0.29, 0.717) is 5.46 Å². The van der Waals surface area contributed by atoms with Crippen LogP contribution in [-0.4, -0.2) is 48.4 Å². The largest absolute Gasteiger partial charge is 0.488 e. The molecule has 0 bridgehead atoms. The predicted molar refractivity (Wildman–Crippen MR) is 67.1 cm³/mol. The summed E-state index contributed by atoms with van der Waals surface area (Å²) in [5, 5.41) is 18.3. The first-order valence-corrected chi connectivity index (χ1v) is 5.96. The Kier molecular flexibility index (Phi) is 4.18. The monoisotopic (exact) mass is 235 g/mol. The van der Waals surface area contributed by atoms with Crippen molar-refractivity contribution in [2.24, 2.45) is 0 Å². The smallest absolute Gasteiger partial charge is 0.423 e. The molecule has 1 fully saturated rings. The van der Waals surface area contributed by atoms with E-state index in [1.165, 1.54) is 0 Å². The van der Waals surface area contributed by atoms with Crippen LogP contribution in [0.2, 0.25) is 0 Å². The van der Waals surface area contributed by atoms with Crippen LogP contribution in [0, 0.1) is 0 Å². The van der Waals surface area contributed by atoms with Gasteiger partial charge in [0.2, 0.25) is 0 Å². The molecule has 1 aromatic carbocycles. The van der Waals surface area contributed by atoms with Crippen LogP contribution in [0.15, 0.2) is 24.3 Å². The van der Waals surface area contributed by atoms with Crippen LogP contribution in [-0.2, 0) is 4.74 Å². The highest BCUT2D eigenvalue weighted by Crippen LogP contribution is 2.20. The lowest BCUT2D eigenvalue weighted by Crippen LogP contribution is -2.38. The van der Waals surface area contributed by atoms with E-state index in [0.717, 1.165) is 31.9 Å². The van der Waals surface area contributed by atoms with Gasteiger partial charge in [-0.2, -0.15) is 0 Å². The Bertz CT molecular complexity index is 367. The van der Waals surface area contributed by atoms with E-state index < -0.39 is 7.12 Å². The third-order valence-corrected chi connectivity index (χ3v) is 3.28. The van der Waals surface area contributed by atoms with Crippen LogP contribution < -0.4 is 5.46 Å². The minimum absolute atomic E-state index is 0.276. The Morgan fingerprint density at radius 1 is 1.29 bits per heavy atom. The van der Waals surface area contributed by atoms with E-state index in [1.54, 1.807) is 6.07 Å². The summed E-state index contributed by atoms with van der Waals surface area (Å²) in [5.74, 6) is 0. The van der Waals surface area contributed by atoms with Crippen molar-refractivity contribution in [3.63, 3.8) is 0 Å². The number of morpholine rings is 1. The summed E-state index contributed by atoms with van der Waals surface area (Å²) in [6.07, 6.45) is 0. The third-order valence-electron chi connectivity index (χ3n) is 3.28. The average molecular weight is 235 g/mol. The first-order chi connectivity index (χ1) is 8.18. The summed E-state index contributed by atoms with van der Waals surface area (Å²) in [6.45, 7) is 5.52. The number of hydrogen-bond acceptors (Lipinski definition) is 4. The number of benzene rings is 1. The fraction of sp³-hybridized carbons (Fsp3) is 0.500. The molecule has 0 aromatic heterocycles. The van der Waals surface area contributed by atoms with Crippen molar-refractivity contribution >= 4 is 12.6 Å². The quantitative estimate of drug-likeness (QED) is 0.710. The maximum atomic E-state index is 9.16. The lowest BCUT2D eigenvalue weighted by Gasteiger charge is -2.32. The van der Waals surface area contributed by atoms with Gasteiger partial charge >= 0.3 is 7.12 Å². The summed E-state index contributed by atoms with van der Waals surface area (Å²) >= 11 is 0. The molecule has 1 atom stereocenters. The summed E-state index contributed by atoms with van der Waals surface area (Å²) in [6, 6.07) is 7.73. The lowest BCUT2D eigenvalue weighted by molar-refractivity contribution is 0.0199. The number of rotatable bonds is 3. The molecular weight excluding hydrogens is 217 g/mol. The van der Waals surface area contributed by atoms with Crippen LogP contribution in [0.4, 0.5) is 0 Å². The zero-order valence-electron chi connectivity index (χ0n) is 10.0. The van der Waals surface area contributed by atoms with Gasteiger partial charge in [-0.25, -0.2) is 0 Å². The van der Waals surface area contributed by atoms with Gasteiger partial charge in [0.15, 0.2) is 0 Å². The molecule has 0 unspecified atom stereocenters. The number of nitrogens with zero attached hydrogens (tertiary/aromatic N) is 1. The minimum Gasteiger partial charge on any atom is -0.423 e. The molecule has 1 heterocycles. The standard InChI is InChI=1S/C12H18BNO3/c1-10(14-5-7-17-8-6-14)11-3-2-4-12(9-11)13(15)16/h2-4,9-10,15-16H,5-8H2,1H3/t10-/m0/s1. The van der Waals surface area contributed by atoms with Gasteiger partial charge in [-0.05, 0) is 17.9 Å². The molecule has 1 aliphatic rings. The normalized spacial score (nSPS) is 19.0. The van der Waals surface area contributed by atoms with Gasteiger partial charge < -0.3 is 14.8 Å². The molecule has 2 N–H and O–H groups in total. The predicted octanol–water partition coefficient (Wildman–Crippen LogP) is -0.240. The molecule has 1 aliphatic heterocycles. The molecule has 4 nitrogen and oxygen atoms in total. The van der Waals surface area contributed by atoms with Gasteiger partial charge in [-0.3, -0.25) is 4.90 Å². The van der Waals surface area contributed by atoms with Gasteiger partial charge in [0.1, 0.15) is 0 Å². The molecule has 0 aliphatic carbocycles. The Morgan fingerprint density at radius 2 is 2.00 bits per heavy atom. The van der Waals surface area contributed by atoms with Crippen molar-refractivity contribution in [3.8, 4) is 0 Å². The van der Waals surface area contributed by atoms with E-state index in [2.05, 4.69) is 11.8 Å². The second-order valence-corrected chi connectivity index (χ2v) is 4.37. The van der Waals surface area contributed by atoms with Crippen molar-refractivity contribution in [3.05, 3.63) is 29.8 Å². The van der Waals surface area contributed by atoms with Crippen LogP contribution in [0.5, 0.6) is 0 Å². The van der Waals surface area contributed by atoms with Crippen LogP contribution in [0.3, 0.4) is 0 Å². The van der Waals surface area contributed by atoms with Crippen molar-refractivity contribution in [2.45, 2.75) is 13.0 Å². The second kappa shape index (κ2) is 5.64. The Hall–Kier alpha value is -0.875.